The number of rotatable bonds is 3. The Morgan fingerprint density at radius 1 is 1.11 bits per heavy atom. The largest absolute Gasteiger partial charge is 0.416 e. The molecule has 0 bridgehead atoms. The molecule has 1 aromatic carbocycles. The van der Waals surface area contributed by atoms with Crippen LogP contribution in [0.2, 0.25) is 0 Å². The Kier molecular flexibility index (Phi) is 6.00. The molecule has 2 saturated heterocycles. The maximum Gasteiger partial charge on any atom is 0.416 e. The third-order valence-electron chi connectivity index (χ3n) is 5.76. The Hall–Kier alpha value is -1.68. The van der Waals surface area contributed by atoms with Crippen molar-refractivity contribution in [1.82, 2.24) is 9.80 Å². The minimum Gasteiger partial charge on any atom is -0.389 e. The molecule has 3 N–H and O–H groups in total. The molecule has 3 rings (SSSR count). The average molecular weight is 402 g/mol. The number of alkyl halides is 3. The summed E-state index contributed by atoms with van der Waals surface area (Å²) >= 11 is 0. The lowest BCUT2D eigenvalue weighted by Crippen LogP contribution is -2.60. The van der Waals surface area contributed by atoms with Crippen molar-refractivity contribution >= 4 is 5.91 Å². The predicted molar refractivity (Wildman–Crippen MR) is 94.5 cm³/mol. The summed E-state index contributed by atoms with van der Waals surface area (Å²) in [7, 11) is 0. The van der Waals surface area contributed by atoms with Gasteiger partial charge in [0.1, 0.15) is 6.10 Å². The molecule has 0 unspecified atom stereocenters. The third-order valence-corrected chi connectivity index (χ3v) is 5.76. The Morgan fingerprint density at radius 3 is 2.36 bits per heavy atom. The average Bonchev–Trinajstić information content (AvgIpc) is 3.11. The molecular formula is C19H25F3N2O4. The third kappa shape index (κ3) is 4.32. The van der Waals surface area contributed by atoms with Crippen molar-refractivity contribution in [2.75, 3.05) is 26.2 Å². The summed E-state index contributed by atoms with van der Waals surface area (Å²) in [4.78, 5) is 16.1. The molecule has 0 aromatic heterocycles. The first-order chi connectivity index (χ1) is 13.1. The predicted octanol–water partition coefficient (Wildman–Crippen LogP) is 0.954. The lowest BCUT2D eigenvalue weighted by molar-refractivity contribution is -0.137. The number of likely N-dealkylation sites (tertiary alicyclic amines) is 2. The minimum absolute atomic E-state index is 0.121. The molecule has 2 fully saturated rings. The van der Waals surface area contributed by atoms with Gasteiger partial charge in [-0.3, -0.25) is 9.69 Å². The quantitative estimate of drug-likeness (QED) is 0.701. The van der Waals surface area contributed by atoms with E-state index >= 15 is 0 Å². The van der Waals surface area contributed by atoms with Crippen LogP contribution in [-0.2, 0) is 6.18 Å². The van der Waals surface area contributed by atoms with Crippen LogP contribution in [0.15, 0.2) is 24.3 Å². The number of β-amino-alcohol motifs (C(OH)–C–C–N with tert-alkyl or cyclic N) is 1. The Balaban J connectivity index is 1.58. The van der Waals surface area contributed by atoms with Crippen molar-refractivity contribution < 1.29 is 33.3 Å². The van der Waals surface area contributed by atoms with Gasteiger partial charge in [-0.1, -0.05) is 0 Å². The molecule has 0 spiro atoms. The zero-order valence-electron chi connectivity index (χ0n) is 15.5. The van der Waals surface area contributed by atoms with E-state index in [0.717, 1.165) is 18.6 Å². The lowest BCUT2D eigenvalue weighted by Gasteiger charge is -2.43. The molecule has 5 atom stereocenters. The number of carbonyl (C=O) groups is 1. The van der Waals surface area contributed by atoms with Gasteiger partial charge in [0.15, 0.2) is 0 Å². The second kappa shape index (κ2) is 7.98. The number of halogens is 3. The normalized spacial score (nSPS) is 32.0. The summed E-state index contributed by atoms with van der Waals surface area (Å²) < 4.78 is 38.0. The van der Waals surface area contributed by atoms with Gasteiger partial charge in [0.2, 0.25) is 0 Å². The number of carbonyl (C=O) groups excluding carboxylic acids is 1. The fourth-order valence-electron chi connectivity index (χ4n) is 3.97. The van der Waals surface area contributed by atoms with E-state index in [1.54, 1.807) is 11.8 Å². The van der Waals surface area contributed by atoms with E-state index in [0.29, 0.717) is 19.6 Å². The number of aliphatic hydroxyl groups excluding tert-OH is 3. The highest BCUT2D eigenvalue weighted by Crippen LogP contribution is 2.30. The standard InChI is InChI=1S/C19H25F3N2O4/c1-11-16(26)17(27)15(25)10-24(11)9-12-6-7-23(8-12)18(28)13-2-4-14(5-3-13)19(20,21)22/h2-5,11-12,15-17,25-27H,6-10H2,1H3/t11-,12+,15+,16-,17-/m1/s1. The van der Waals surface area contributed by atoms with E-state index in [2.05, 4.69) is 0 Å². The summed E-state index contributed by atoms with van der Waals surface area (Å²) in [6, 6.07) is 3.88. The SMILES string of the molecule is C[C@@H]1[C@@H](O)[C@H](O)[C@@H](O)CN1C[C@H]1CCN(C(=O)c2ccc(C(F)(F)F)cc2)C1. The van der Waals surface area contributed by atoms with E-state index in [-0.39, 0.29) is 30.0 Å². The van der Waals surface area contributed by atoms with Crippen LogP contribution in [0.3, 0.4) is 0 Å². The van der Waals surface area contributed by atoms with Gasteiger partial charge >= 0.3 is 6.18 Å². The van der Waals surface area contributed by atoms with Gasteiger partial charge in [0, 0.05) is 37.8 Å². The lowest BCUT2D eigenvalue weighted by atomic mass is 9.93. The van der Waals surface area contributed by atoms with E-state index in [4.69, 9.17) is 0 Å². The van der Waals surface area contributed by atoms with Crippen molar-refractivity contribution in [3.63, 3.8) is 0 Å². The first kappa shape index (κ1) is 21.0. The molecular weight excluding hydrogens is 377 g/mol. The molecule has 0 saturated carbocycles. The summed E-state index contributed by atoms with van der Waals surface area (Å²) in [6.45, 7) is 3.53. The zero-order chi connectivity index (χ0) is 20.6. The van der Waals surface area contributed by atoms with Crippen LogP contribution in [-0.4, -0.2) is 81.6 Å². The number of nitrogens with zero attached hydrogens (tertiary/aromatic N) is 2. The van der Waals surface area contributed by atoms with Crippen molar-refractivity contribution in [1.29, 1.82) is 0 Å². The molecule has 2 heterocycles. The van der Waals surface area contributed by atoms with Gasteiger partial charge in [-0.2, -0.15) is 13.2 Å². The number of hydrogen-bond acceptors (Lipinski definition) is 5. The van der Waals surface area contributed by atoms with Crippen molar-refractivity contribution in [2.24, 2.45) is 5.92 Å². The van der Waals surface area contributed by atoms with E-state index < -0.39 is 30.1 Å². The summed E-state index contributed by atoms with van der Waals surface area (Å²) in [6.07, 6.45) is -6.96. The maximum absolute atomic E-state index is 12.7. The highest BCUT2D eigenvalue weighted by atomic mass is 19.4. The van der Waals surface area contributed by atoms with Crippen molar-refractivity contribution in [3.05, 3.63) is 35.4 Å². The van der Waals surface area contributed by atoms with E-state index in [1.165, 1.54) is 12.1 Å². The molecule has 2 aliphatic rings. The van der Waals surface area contributed by atoms with Crippen LogP contribution in [0.5, 0.6) is 0 Å². The maximum atomic E-state index is 12.7. The Bertz CT molecular complexity index is 697. The number of hydrogen-bond donors (Lipinski definition) is 3. The second-order valence-electron chi connectivity index (χ2n) is 7.72. The topological polar surface area (TPSA) is 84.2 Å². The van der Waals surface area contributed by atoms with Crippen LogP contribution >= 0.6 is 0 Å². The molecule has 2 aliphatic heterocycles. The summed E-state index contributed by atoms with van der Waals surface area (Å²) in [5, 5.41) is 29.7. The van der Waals surface area contributed by atoms with E-state index in [9.17, 15) is 33.3 Å². The smallest absolute Gasteiger partial charge is 0.389 e. The fraction of sp³-hybridized carbons (Fsp3) is 0.632. The first-order valence-corrected chi connectivity index (χ1v) is 9.32. The molecule has 0 radical (unpaired) electrons. The zero-order valence-corrected chi connectivity index (χ0v) is 15.5. The molecule has 1 aromatic rings. The van der Waals surface area contributed by atoms with Gasteiger partial charge in [0.25, 0.3) is 5.91 Å². The summed E-state index contributed by atoms with van der Waals surface area (Å²) in [5.41, 5.74) is -0.573. The van der Waals surface area contributed by atoms with Crippen molar-refractivity contribution in [3.8, 4) is 0 Å². The van der Waals surface area contributed by atoms with Crippen LogP contribution in [0.25, 0.3) is 0 Å². The molecule has 28 heavy (non-hydrogen) atoms. The highest BCUT2D eigenvalue weighted by molar-refractivity contribution is 5.94. The monoisotopic (exact) mass is 402 g/mol. The Morgan fingerprint density at radius 2 is 1.75 bits per heavy atom. The number of piperidine rings is 1. The van der Waals surface area contributed by atoms with Crippen LogP contribution in [0, 0.1) is 5.92 Å². The Labute approximate surface area is 161 Å². The first-order valence-electron chi connectivity index (χ1n) is 9.32. The number of aliphatic hydroxyl groups is 3. The molecule has 9 heteroatoms. The molecule has 1 amide bonds. The van der Waals surface area contributed by atoms with Gasteiger partial charge in [-0.05, 0) is 43.5 Å². The van der Waals surface area contributed by atoms with Gasteiger partial charge in [-0.25, -0.2) is 0 Å². The minimum atomic E-state index is -4.44. The van der Waals surface area contributed by atoms with Gasteiger partial charge in [-0.15, -0.1) is 0 Å². The number of benzene rings is 1. The van der Waals surface area contributed by atoms with Crippen LogP contribution in [0.4, 0.5) is 13.2 Å². The number of amides is 1. The fourth-order valence-corrected chi connectivity index (χ4v) is 3.97. The van der Waals surface area contributed by atoms with Crippen LogP contribution in [0.1, 0.15) is 29.3 Å². The van der Waals surface area contributed by atoms with Gasteiger partial charge < -0.3 is 20.2 Å². The molecule has 156 valence electrons. The van der Waals surface area contributed by atoms with E-state index in [1.807, 2.05) is 4.90 Å². The summed E-state index contributed by atoms with van der Waals surface area (Å²) in [5.74, 6) is -0.186. The van der Waals surface area contributed by atoms with Gasteiger partial charge in [0.05, 0.1) is 17.8 Å². The van der Waals surface area contributed by atoms with Crippen LogP contribution < -0.4 is 0 Å². The highest BCUT2D eigenvalue weighted by Gasteiger charge is 2.40. The molecule has 6 nitrogen and oxygen atoms in total. The second-order valence-corrected chi connectivity index (χ2v) is 7.72. The molecule has 0 aliphatic carbocycles. The van der Waals surface area contributed by atoms with Crippen molar-refractivity contribution in [2.45, 2.75) is 43.9 Å².